The van der Waals surface area contributed by atoms with Crippen molar-refractivity contribution in [1.29, 1.82) is 0 Å². The van der Waals surface area contributed by atoms with Crippen LogP contribution in [0.5, 0.6) is 0 Å². The van der Waals surface area contributed by atoms with Crippen LogP contribution in [-0.2, 0) is 40.1 Å². The van der Waals surface area contributed by atoms with Crippen molar-refractivity contribution in [2.24, 2.45) is 19.3 Å². The molecule has 0 bridgehead atoms. The zero-order valence-corrected chi connectivity index (χ0v) is 20.7. The van der Waals surface area contributed by atoms with E-state index in [-0.39, 0.29) is 25.7 Å². The van der Waals surface area contributed by atoms with Crippen LogP contribution >= 0.6 is 0 Å². The Bertz CT molecular complexity index is 1130. The zero-order chi connectivity index (χ0) is 24.2. The van der Waals surface area contributed by atoms with Crippen LogP contribution in [0.2, 0.25) is 0 Å². The van der Waals surface area contributed by atoms with E-state index in [0.29, 0.717) is 25.7 Å². The van der Waals surface area contributed by atoms with Gasteiger partial charge in [0.05, 0.1) is 17.5 Å². The van der Waals surface area contributed by atoms with E-state index in [2.05, 4.69) is 19.3 Å². The molecule has 0 aliphatic heterocycles. The van der Waals surface area contributed by atoms with E-state index in [1.165, 1.54) is 0 Å². The Morgan fingerprint density at radius 2 is 1.06 bits per heavy atom. The zero-order valence-electron chi connectivity index (χ0n) is 17.4. The number of sulfone groups is 2. The van der Waals surface area contributed by atoms with Gasteiger partial charge in [0.2, 0.25) is 0 Å². The summed E-state index contributed by atoms with van der Waals surface area (Å²) in [6.45, 7) is 0. The van der Waals surface area contributed by atoms with Crippen molar-refractivity contribution in [1.82, 2.24) is 0 Å². The second-order valence-corrected chi connectivity index (χ2v) is 15.5. The van der Waals surface area contributed by atoms with Crippen molar-refractivity contribution < 1.29 is 37.2 Å². The molecule has 2 aliphatic carbocycles. The molecule has 0 heterocycles. The van der Waals surface area contributed by atoms with Crippen LogP contribution < -0.4 is 0 Å². The van der Waals surface area contributed by atoms with Gasteiger partial charge in [0.25, 0.3) is 4.71 Å². The minimum absolute atomic E-state index is 0.193. The van der Waals surface area contributed by atoms with E-state index in [0.717, 1.165) is 19.9 Å². The quantitative estimate of drug-likeness (QED) is 0.313. The molecular weight excluding hydrogens is 508 g/mol. The Hall–Kier alpha value is -1.40. The lowest BCUT2D eigenvalue weighted by Crippen LogP contribution is -2.42. The maximum absolute atomic E-state index is 13.2. The summed E-state index contributed by atoms with van der Waals surface area (Å²) in [5.74, 6) is 0. The van der Waals surface area contributed by atoms with Gasteiger partial charge in [-0.25, -0.2) is 16.8 Å². The van der Waals surface area contributed by atoms with Gasteiger partial charge < -0.3 is 5.53 Å². The fraction of sp³-hybridized carbons (Fsp3) is 1.00. The molecule has 2 fully saturated rings. The minimum atomic E-state index is -5.54. The number of hydrogen-bond donors (Lipinski definition) is 0. The molecule has 32 heavy (non-hydrogen) atoms. The molecule has 0 aromatic heterocycles. The van der Waals surface area contributed by atoms with Crippen LogP contribution in [0.15, 0.2) is 19.3 Å². The van der Waals surface area contributed by atoms with Crippen molar-refractivity contribution in [3.63, 3.8) is 0 Å². The summed E-state index contributed by atoms with van der Waals surface area (Å²) in [4.78, 5) is 0. The maximum atomic E-state index is 13.2. The third-order valence-corrected chi connectivity index (χ3v) is 13.7. The van der Waals surface area contributed by atoms with Gasteiger partial charge in [0.15, 0.2) is 19.7 Å². The smallest absolute Gasteiger partial charge is 0.464 e. The lowest BCUT2D eigenvalue weighted by molar-refractivity contribution is -0.205. The van der Waals surface area contributed by atoms with Crippen molar-refractivity contribution in [3.05, 3.63) is 5.53 Å². The second-order valence-electron chi connectivity index (χ2n) is 7.62. The Kier molecular flexibility index (Phi) is 8.60. The van der Waals surface area contributed by atoms with Crippen LogP contribution in [0.4, 0.5) is 0 Å². The van der Waals surface area contributed by atoms with E-state index >= 15 is 0 Å². The molecule has 2 saturated carbocycles. The van der Waals surface area contributed by atoms with Crippen molar-refractivity contribution >= 4 is 40.1 Å². The molecule has 0 spiro atoms. The first-order valence-electron chi connectivity index (χ1n) is 9.94. The van der Waals surface area contributed by atoms with Gasteiger partial charge in [-0.15, -0.1) is 21.9 Å². The van der Waals surface area contributed by atoms with Crippen LogP contribution in [0, 0.1) is 0 Å². The Balaban J connectivity index is 2.52. The minimum Gasteiger partial charge on any atom is -0.464 e. The molecule has 184 valence electrons. The summed E-state index contributed by atoms with van der Waals surface area (Å²) in [6, 6.07) is 0. The lowest BCUT2D eigenvalue weighted by atomic mass is 10.0. The number of nitrogens with zero attached hydrogens (tertiary/aromatic N) is 6. The summed E-state index contributed by atoms with van der Waals surface area (Å²) in [6.07, 6.45) is 4.56. The summed E-state index contributed by atoms with van der Waals surface area (Å²) in [5, 5.41) is 3.85. The van der Waals surface area contributed by atoms with Gasteiger partial charge >= 0.3 is 20.4 Å². The molecule has 0 aromatic rings. The largest absolute Gasteiger partial charge is 0.512 e. The molecular formula is C14H26N6O8S4. The molecule has 0 aromatic carbocycles. The highest BCUT2D eigenvalue weighted by atomic mass is 32.3. The predicted octanol–water partition coefficient (Wildman–Crippen LogP) is 1.82. The Labute approximate surface area is 188 Å². The number of rotatable bonds is 9. The summed E-state index contributed by atoms with van der Waals surface area (Å²) in [5.41, 5.74) is 9.50. The van der Waals surface area contributed by atoms with Crippen molar-refractivity contribution in [2.75, 3.05) is 7.05 Å². The summed E-state index contributed by atoms with van der Waals surface area (Å²) >= 11 is 0. The highest BCUT2D eigenvalue weighted by Crippen LogP contribution is 2.34. The lowest BCUT2D eigenvalue weighted by Gasteiger charge is -2.28. The summed E-state index contributed by atoms with van der Waals surface area (Å²) in [7, 11) is -18.9. The summed E-state index contributed by atoms with van der Waals surface area (Å²) < 4.78 is 102. The topological polar surface area (TPSA) is 211 Å². The molecule has 0 unspecified atom stereocenters. The van der Waals surface area contributed by atoms with Crippen LogP contribution in [0.3, 0.4) is 0 Å². The fourth-order valence-corrected chi connectivity index (χ4v) is 11.0. The second kappa shape index (κ2) is 10.3. The van der Waals surface area contributed by atoms with E-state index in [1.54, 1.807) is 0 Å². The molecule has 2 rings (SSSR count). The van der Waals surface area contributed by atoms with Crippen LogP contribution in [0.25, 0.3) is 5.53 Å². The SMILES string of the molecule is CN=NS(=O)(=O)[N+](=[N-])S(=O)(=O)N=NC(S(=O)(=O)C1CCCCC1)S(=O)(=O)C1CCCCC1. The molecule has 0 radical (unpaired) electrons. The first-order valence-corrected chi connectivity index (χ1v) is 16.0. The van der Waals surface area contributed by atoms with Gasteiger partial charge in [-0.05, 0) is 38.2 Å². The molecule has 0 atom stereocenters. The molecule has 14 nitrogen and oxygen atoms in total. The molecule has 2 aliphatic rings. The Morgan fingerprint density at radius 1 is 0.688 bits per heavy atom. The molecule has 0 N–H and O–H groups in total. The third-order valence-electron chi connectivity index (χ3n) is 5.42. The average molecular weight is 535 g/mol. The molecule has 0 amide bonds. The first-order chi connectivity index (χ1) is 14.8. The van der Waals surface area contributed by atoms with Crippen LogP contribution in [0.1, 0.15) is 64.2 Å². The molecule has 0 saturated heterocycles. The monoisotopic (exact) mass is 534 g/mol. The van der Waals surface area contributed by atoms with E-state index in [1.807, 2.05) is 0 Å². The van der Waals surface area contributed by atoms with E-state index in [9.17, 15) is 39.2 Å². The van der Waals surface area contributed by atoms with Crippen LogP contribution in [-0.4, -0.2) is 59.4 Å². The maximum Gasteiger partial charge on any atom is 0.512 e. The van der Waals surface area contributed by atoms with Crippen molar-refractivity contribution in [3.8, 4) is 0 Å². The highest BCUT2D eigenvalue weighted by molar-refractivity contribution is 8.09. The van der Waals surface area contributed by atoms with Gasteiger partial charge in [-0.1, -0.05) is 38.5 Å². The Morgan fingerprint density at radius 3 is 1.44 bits per heavy atom. The van der Waals surface area contributed by atoms with Gasteiger partial charge in [-0.3, -0.25) is 0 Å². The predicted molar refractivity (Wildman–Crippen MR) is 112 cm³/mol. The highest BCUT2D eigenvalue weighted by Gasteiger charge is 2.47. The standard InChI is InChI=1S/C14H26N6O8S4/c1-16-18-31(25,26)20(15)32(27,28)19-17-14(29(21,22)12-8-4-2-5-9-12)30(23,24)13-10-6-3-7-11-13/h12-14H,2-11H2,1H3. The normalized spacial score (nSPS) is 20.9. The first kappa shape index (κ1) is 26.8. The fourth-order valence-electron chi connectivity index (χ4n) is 3.82. The average Bonchev–Trinajstić information content (AvgIpc) is 2.74. The van der Waals surface area contributed by atoms with Gasteiger partial charge in [0, 0.05) is 0 Å². The van der Waals surface area contributed by atoms with Crippen molar-refractivity contribution in [2.45, 2.75) is 79.4 Å². The third kappa shape index (κ3) is 5.93. The molecule has 18 heteroatoms. The van der Waals surface area contributed by atoms with E-state index < -0.39 is 58.8 Å². The number of hydrogen-bond acceptors (Lipinski definition) is 10. The van der Waals surface area contributed by atoms with Gasteiger partial charge in [-0.2, -0.15) is 5.11 Å². The van der Waals surface area contributed by atoms with Gasteiger partial charge in [0.1, 0.15) is 0 Å². The van der Waals surface area contributed by atoms with E-state index in [4.69, 9.17) is 0 Å².